The van der Waals surface area contributed by atoms with Gasteiger partial charge in [-0.2, -0.15) is 0 Å². The van der Waals surface area contributed by atoms with Gasteiger partial charge in [0.15, 0.2) is 0 Å². The second kappa shape index (κ2) is 7.81. The molecule has 2 fully saturated rings. The standard InChI is InChI=1S/C17H24N2O.ClH/c20-17(19-10-3-4-11-19)12-14-6-1-2-8-16(14)15-7-5-9-18-13-15;/h1-2,6,8,15,18H,3-5,7,9-13H2;1H. The van der Waals surface area contributed by atoms with Crippen molar-refractivity contribution in [2.24, 2.45) is 0 Å². The van der Waals surface area contributed by atoms with Gasteiger partial charge < -0.3 is 10.2 Å². The Balaban J connectivity index is 0.00000161. The lowest BCUT2D eigenvalue weighted by Crippen LogP contribution is -2.31. The fraction of sp³-hybridized carbons (Fsp3) is 0.588. The molecule has 0 aliphatic carbocycles. The molecule has 2 aliphatic heterocycles. The van der Waals surface area contributed by atoms with Crippen molar-refractivity contribution in [3.8, 4) is 0 Å². The van der Waals surface area contributed by atoms with Crippen LogP contribution < -0.4 is 5.32 Å². The Bertz CT molecular complexity index is 466. The van der Waals surface area contributed by atoms with Crippen LogP contribution in [0.5, 0.6) is 0 Å². The number of benzene rings is 1. The average Bonchev–Trinajstić information content (AvgIpc) is 3.03. The van der Waals surface area contributed by atoms with Crippen molar-refractivity contribution in [1.29, 1.82) is 0 Å². The summed E-state index contributed by atoms with van der Waals surface area (Å²) in [5, 5.41) is 3.47. The molecule has 2 heterocycles. The van der Waals surface area contributed by atoms with Crippen LogP contribution in [-0.4, -0.2) is 37.0 Å². The van der Waals surface area contributed by atoms with Crippen LogP contribution in [0.4, 0.5) is 0 Å². The number of rotatable bonds is 3. The van der Waals surface area contributed by atoms with Crippen LogP contribution in [0.3, 0.4) is 0 Å². The molecule has 116 valence electrons. The Morgan fingerprint density at radius 2 is 1.95 bits per heavy atom. The first-order valence-corrected chi connectivity index (χ1v) is 7.91. The first kappa shape index (κ1) is 16.3. The minimum Gasteiger partial charge on any atom is -0.342 e. The van der Waals surface area contributed by atoms with Gasteiger partial charge in [0.05, 0.1) is 6.42 Å². The molecule has 1 N–H and O–H groups in total. The monoisotopic (exact) mass is 308 g/mol. The summed E-state index contributed by atoms with van der Waals surface area (Å²) in [5.41, 5.74) is 2.62. The van der Waals surface area contributed by atoms with Crippen LogP contribution in [-0.2, 0) is 11.2 Å². The van der Waals surface area contributed by atoms with Crippen LogP contribution in [0.2, 0.25) is 0 Å². The highest BCUT2D eigenvalue weighted by Crippen LogP contribution is 2.27. The quantitative estimate of drug-likeness (QED) is 0.931. The number of piperidine rings is 1. The van der Waals surface area contributed by atoms with Gasteiger partial charge in [-0.05, 0) is 49.3 Å². The minimum atomic E-state index is 0. The van der Waals surface area contributed by atoms with Gasteiger partial charge in [0.2, 0.25) is 5.91 Å². The summed E-state index contributed by atoms with van der Waals surface area (Å²) in [6.07, 6.45) is 5.38. The first-order chi connectivity index (χ1) is 9.84. The van der Waals surface area contributed by atoms with Crippen LogP contribution >= 0.6 is 12.4 Å². The third-order valence-electron chi connectivity index (χ3n) is 4.59. The molecular formula is C17H25ClN2O. The summed E-state index contributed by atoms with van der Waals surface area (Å²) in [7, 11) is 0. The molecule has 3 rings (SSSR count). The van der Waals surface area contributed by atoms with Crippen LogP contribution in [0, 0.1) is 0 Å². The molecule has 1 atom stereocenters. The van der Waals surface area contributed by atoms with E-state index in [0.29, 0.717) is 18.2 Å². The van der Waals surface area contributed by atoms with Gasteiger partial charge in [0, 0.05) is 19.6 Å². The van der Waals surface area contributed by atoms with E-state index in [0.717, 1.165) is 26.2 Å². The van der Waals surface area contributed by atoms with Gasteiger partial charge in [-0.1, -0.05) is 24.3 Å². The number of nitrogens with one attached hydrogen (secondary N) is 1. The summed E-state index contributed by atoms with van der Waals surface area (Å²) >= 11 is 0. The van der Waals surface area contributed by atoms with Crippen molar-refractivity contribution >= 4 is 18.3 Å². The molecule has 0 bridgehead atoms. The van der Waals surface area contributed by atoms with E-state index in [9.17, 15) is 4.79 Å². The molecule has 0 radical (unpaired) electrons. The molecular weight excluding hydrogens is 284 g/mol. The van der Waals surface area contributed by atoms with Gasteiger partial charge in [0.1, 0.15) is 0 Å². The van der Waals surface area contributed by atoms with Crippen molar-refractivity contribution in [3.63, 3.8) is 0 Å². The highest BCUT2D eigenvalue weighted by molar-refractivity contribution is 5.85. The molecule has 2 aliphatic rings. The Labute approximate surface area is 133 Å². The topological polar surface area (TPSA) is 32.3 Å². The summed E-state index contributed by atoms with van der Waals surface area (Å²) in [6, 6.07) is 8.52. The van der Waals surface area contributed by atoms with Crippen LogP contribution in [0.1, 0.15) is 42.7 Å². The minimum absolute atomic E-state index is 0. The third kappa shape index (κ3) is 3.98. The van der Waals surface area contributed by atoms with Crippen molar-refractivity contribution in [1.82, 2.24) is 10.2 Å². The predicted molar refractivity (Wildman–Crippen MR) is 88.1 cm³/mol. The van der Waals surface area contributed by atoms with Gasteiger partial charge in [-0.15, -0.1) is 12.4 Å². The van der Waals surface area contributed by atoms with Crippen molar-refractivity contribution < 1.29 is 4.79 Å². The Morgan fingerprint density at radius 3 is 2.67 bits per heavy atom. The molecule has 0 spiro atoms. The van der Waals surface area contributed by atoms with Gasteiger partial charge in [-0.3, -0.25) is 4.79 Å². The van der Waals surface area contributed by atoms with E-state index in [1.54, 1.807) is 0 Å². The number of nitrogens with zero attached hydrogens (tertiary/aromatic N) is 1. The number of hydrogen-bond donors (Lipinski definition) is 1. The van der Waals surface area contributed by atoms with E-state index >= 15 is 0 Å². The lowest BCUT2D eigenvalue weighted by molar-refractivity contribution is -0.129. The number of hydrogen-bond acceptors (Lipinski definition) is 2. The maximum absolute atomic E-state index is 12.4. The SMILES string of the molecule is Cl.O=C(Cc1ccccc1C1CCCNC1)N1CCCC1. The Hall–Kier alpha value is -1.06. The largest absolute Gasteiger partial charge is 0.342 e. The van der Waals surface area contributed by atoms with Gasteiger partial charge in [-0.25, -0.2) is 0 Å². The number of carbonyl (C=O) groups excluding carboxylic acids is 1. The van der Waals surface area contributed by atoms with Crippen molar-refractivity contribution in [3.05, 3.63) is 35.4 Å². The maximum Gasteiger partial charge on any atom is 0.226 e. The van der Waals surface area contributed by atoms with E-state index < -0.39 is 0 Å². The van der Waals surface area contributed by atoms with Crippen LogP contribution in [0.25, 0.3) is 0 Å². The number of carbonyl (C=O) groups is 1. The maximum atomic E-state index is 12.4. The number of amides is 1. The second-order valence-corrected chi connectivity index (χ2v) is 6.01. The van der Waals surface area contributed by atoms with Crippen LogP contribution in [0.15, 0.2) is 24.3 Å². The molecule has 21 heavy (non-hydrogen) atoms. The lowest BCUT2D eigenvalue weighted by Gasteiger charge is -2.25. The summed E-state index contributed by atoms with van der Waals surface area (Å²) < 4.78 is 0. The van der Waals surface area contributed by atoms with Crippen molar-refractivity contribution in [2.75, 3.05) is 26.2 Å². The molecule has 1 unspecified atom stereocenters. The molecule has 1 aromatic carbocycles. The molecule has 1 aromatic rings. The zero-order valence-corrected chi connectivity index (χ0v) is 13.3. The van der Waals surface area contributed by atoms with Gasteiger partial charge >= 0.3 is 0 Å². The molecule has 4 heteroatoms. The van der Waals surface area contributed by atoms with E-state index in [-0.39, 0.29) is 12.4 Å². The molecule has 0 aromatic heterocycles. The zero-order valence-electron chi connectivity index (χ0n) is 12.5. The number of likely N-dealkylation sites (tertiary alicyclic amines) is 1. The highest BCUT2D eigenvalue weighted by Gasteiger charge is 2.22. The lowest BCUT2D eigenvalue weighted by atomic mass is 9.87. The molecule has 1 amide bonds. The smallest absolute Gasteiger partial charge is 0.226 e. The van der Waals surface area contributed by atoms with Gasteiger partial charge in [0.25, 0.3) is 0 Å². The average molecular weight is 309 g/mol. The highest BCUT2D eigenvalue weighted by atomic mass is 35.5. The Morgan fingerprint density at radius 1 is 1.19 bits per heavy atom. The summed E-state index contributed by atoms with van der Waals surface area (Å²) in [6.45, 7) is 4.08. The molecule has 3 nitrogen and oxygen atoms in total. The Kier molecular flexibility index (Phi) is 6.07. The fourth-order valence-electron chi connectivity index (χ4n) is 3.45. The fourth-order valence-corrected chi connectivity index (χ4v) is 3.45. The third-order valence-corrected chi connectivity index (χ3v) is 4.59. The second-order valence-electron chi connectivity index (χ2n) is 6.01. The molecule has 0 saturated carbocycles. The zero-order chi connectivity index (χ0) is 13.8. The summed E-state index contributed by atoms with van der Waals surface area (Å²) in [4.78, 5) is 14.4. The van der Waals surface area contributed by atoms with E-state index in [4.69, 9.17) is 0 Å². The normalized spacial score (nSPS) is 21.9. The van der Waals surface area contributed by atoms with E-state index in [1.807, 2.05) is 4.90 Å². The van der Waals surface area contributed by atoms with E-state index in [2.05, 4.69) is 29.6 Å². The molecule has 2 saturated heterocycles. The summed E-state index contributed by atoms with van der Waals surface area (Å²) in [5.74, 6) is 0.880. The first-order valence-electron chi connectivity index (χ1n) is 7.91. The predicted octanol–water partition coefficient (Wildman–Crippen LogP) is 2.74. The van der Waals surface area contributed by atoms with E-state index in [1.165, 1.54) is 36.8 Å². The van der Waals surface area contributed by atoms with Crippen molar-refractivity contribution in [2.45, 2.75) is 38.0 Å². The number of halogens is 1.